The summed E-state index contributed by atoms with van der Waals surface area (Å²) in [6.07, 6.45) is 0. The van der Waals surface area contributed by atoms with Gasteiger partial charge in [0.1, 0.15) is 0 Å². The van der Waals surface area contributed by atoms with Crippen LogP contribution in [0.1, 0.15) is 19.4 Å². The van der Waals surface area contributed by atoms with Gasteiger partial charge >= 0.3 is 0 Å². The Labute approximate surface area is 183 Å². The Balaban J connectivity index is 1.66. The first-order chi connectivity index (χ1) is 15.2. The van der Waals surface area contributed by atoms with Crippen LogP contribution in [-0.4, -0.2) is 39.6 Å². The van der Waals surface area contributed by atoms with E-state index < -0.39 is 17.5 Å². The van der Waals surface area contributed by atoms with Crippen molar-refractivity contribution >= 4 is 22.5 Å². The number of anilines is 1. The number of hydrogen-bond donors (Lipinski definition) is 0. The van der Waals surface area contributed by atoms with Gasteiger partial charge in [0.2, 0.25) is 5.52 Å². The van der Waals surface area contributed by atoms with Crippen LogP contribution in [0.2, 0.25) is 0 Å². The molecule has 0 saturated carbocycles. The van der Waals surface area contributed by atoms with Gasteiger partial charge < -0.3 is 14.3 Å². The molecule has 1 aliphatic heterocycles. The second-order valence-corrected chi connectivity index (χ2v) is 8.23. The molecule has 2 aromatic heterocycles. The van der Waals surface area contributed by atoms with Crippen molar-refractivity contribution in [1.82, 2.24) is 14.5 Å². The number of halogens is 3. The molecule has 4 rings (SSSR count). The Hall–Kier alpha value is -3.38. The summed E-state index contributed by atoms with van der Waals surface area (Å²) in [5.74, 6) is -3.62. The third kappa shape index (κ3) is 3.82. The minimum Gasteiger partial charge on any atom is -0.362 e. The number of rotatable bonds is 3. The monoisotopic (exact) mass is 441 g/mol. The number of hydrogen-bond acceptors (Lipinski definition) is 4. The van der Waals surface area contributed by atoms with Gasteiger partial charge in [-0.1, -0.05) is 6.57 Å². The predicted octanol–water partition coefficient (Wildman–Crippen LogP) is 4.00. The number of nitrogens with zero attached hydrogens (tertiary/aromatic N) is 5. The minimum absolute atomic E-state index is 0.0227. The van der Waals surface area contributed by atoms with E-state index in [9.17, 15) is 18.0 Å². The molecule has 0 aliphatic carbocycles. The minimum atomic E-state index is -1.47. The number of pyridine rings is 2. The lowest BCUT2D eigenvalue weighted by molar-refractivity contribution is 0.157. The van der Waals surface area contributed by atoms with Gasteiger partial charge in [-0.25, -0.2) is 13.2 Å². The van der Waals surface area contributed by atoms with Crippen LogP contribution < -0.4 is 10.5 Å². The molecule has 1 saturated heterocycles. The van der Waals surface area contributed by atoms with Crippen molar-refractivity contribution < 1.29 is 13.2 Å². The fourth-order valence-electron chi connectivity index (χ4n) is 4.27. The van der Waals surface area contributed by atoms with E-state index in [2.05, 4.69) is 19.6 Å². The maximum Gasteiger partial charge on any atom is 0.270 e. The molecule has 6 nitrogen and oxygen atoms in total. The molecule has 3 heterocycles. The fourth-order valence-corrected chi connectivity index (χ4v) is 4.27. The van der Waals surface area contributed by atoms with E-state index in [0.717, 1.165) is 12.1 Å². The number of aromatic nitrogens is 2. The van der Waals surface area contributed by atoms with Crippen LogP contribution in [0.15, 0.2) is 35.1 Å². The molecule has 166 valence electrons. The highest BCUT2D eigenvalue weighted by Crippen LogP contribution is 2.30. The fraction of sp³-hybridized carbons (Fsp3) is 0.348. The number of fused-ring (bicyclic) bond motifs is 1. The van der Waals surface area contributed by atoms with Crippen molar-refractivity contribution in [2.24, 2.45) is 7.05 Å². The molecular weight excluding hydrogens is 419 g/mol. The first-order valence-corrected chi connectivity index (χ1v) is 10.2. The summed E-state index contributed by atoms with van der Waals surface area (Å²) < 4.78 is 42.1. The summed E-state index contributed by atoms with van der Waals surface area (Å²) in [5, 5.41) is 0. The zero-order chi connectivity index (χ0) is 23.2. The lowest BCUT2D eigenvalue weighted by atomic mass is 10.0. The van der Waals surface area contributed by atoms with Crippen LogP contribution in [0.3, 0.4) is 0 Å². The second kappa shape index (κ2) is 8.28. The van der Waals surface area contributed by atoms with E-state index in [1.165, 1.54) is 10.6 Å². The van der Waals surface area contributed by atoms with Crippen molar-refractivity contribution in [3.63, 3.8) is 0 Å². The second-order valence-electron chi connectivity index (χ2n) is 8.23. The van der Waals surface area contributed by atoms with Crippen LogP contribution in [0.25, 0.3) is 15.9 Å². The standard InChI is InChI=1S/C23H22F3N5O/c1-13-11-31(14(2)10-30(13)12-15-7-16(24)22(26)17(25)8-15)19-9-21(32)29(4)18-5-6-20(27-3)28-23(18)19/h5-9,13-14H,10-12H2,1-2,4H3/t13-,14+/m1/s1. The summed E-state index contributed by atoms with van der Waals surface area (Å²) in [6, 6.07) is 6.82. The summed E-state index contributed by atoms with van der Waals surface area (Å²) in [7, 11) is 1.67. The van der Waals surface area contributed by atoms with E-state index in [4.69, 9.17) is 6.57 Å². The number of piperazine rings is 1. The summed E-state index contributed by atoms with van der Waals surface area (Å²) in [4.78, 5) is 24.6. The molecule has 2 atom stereocenters. The highest BCUT2D eigenvalue weighted by Gasteiger charge is 2.32. The van der Waals surface area contributed by atoms with Crippen molar-refractivity contribution in [1.29, 1.82) is 0 Å². The normalized spacial score (nSPS) is 19.3. The van der Waals surface area contributed by atoms with Gasteiger partial charge in [0.05, 0.1) is 11.2 Å². The van der Waals surface area contributed by atoms with Crippen molar-refractivity contribution in [2.45, 2.75) is 32.5 Å². The average molecular weight is 441 g/mol. The first kappa shape index (κ1) is 21.8. The maximum absolute atomic E-state index is 13.6. The molecular formula is C23H22F3N5O. The van der Waals surface area contributed by atoms with Gasteiger partial charge in [-0.05, 0) is 43.7 Å². The van der Waals surface area contributed by atoms with E-state index in [1.54, 1.807) is 19.2 Å². The topological polar surface area (TPSA) is 45.7 Å². The summed E-state index contributed by atoms with van der Waals surface area (Å²) >= 11 is 0. The molecule has 0 amide bonds. The van der Waals surface area contributed by atoms with E-state index >= 15 is 0 Å². The van der Waals surface area contributed by atoms with Crippen LogP contribution in [0.4, 0.5) is 24.7 Å². The molecule has 0 bridgehead atoms. The Kier molecular flexibility index (Phi) is 5.65. The molecule has 0 unspecified atom stereocenters. The molecule has 3 aromatic rings. The van der Waals surface area contributed by atoms with Gasteiger partial charge in [-0.2, -0.15) is 0 Å². The van der Waals surface area contributed by atoms with E-state index in [0.29, 0.717) is 35.4 Å². The Morgan fingerprint density at radius 2 is 1.78 bits per heavy atom. The van der Waals surface area contributed by atoms with Gasteiger partial charge in [0.25, 0.3) is 11.4 Å². The van der Waals surface area contributed by atoms with Gasteiger partial charge in [0.15, 0.2) is 17.5 Å². The smallest absolute Gasteiger partial charge is 0.270 e. The molecule has 9 heteroatoms. The number of aryl methyl sites for hydroxylation is 1. The van der Waals surface area contributed by atoms with Crippen molar-refractivity contribution in [3.8, 4) is 0 Å². The SMILES string of the molecule is [C-]#[N+]c1ccc2c(n1)c(N1C[C@@H](C)N(Cc3cc(F)c(F)c(F)c3)C[C@@H]1C)cc(=O)n2C. The van der Waals surface area contributed by atoms with E-state index in [1.807, 2.05) is 13.8 Å². The highest BCUT2D eigenvalue weighted by molar-refractivity contribution is 5.89. The average Bonchev–Trinajstić information content (AvgIpc) is 2.76. The lowest BCUT2D eigenvalue weighted by Crippen LogP contribution is -2.56. The Morgan fingerprint density at radius 1 is 1.09 bits per heavy atom. The van der Waals surface area contributed by atoms with Gasteiger partial charge in [0, 0.05) is 44.8 Å². The largest absolute Gasteiger partial charge is 0.362 e. The van der Waals surface area contributed by atoms with Gasteiger partial charge in [-0.15, -0.1) is 4.98 Å². The van der Waals surface area contributed by atoms with Crippen LogP contribution in [0, 0.1) is 24.0 Å². The number of benzene rings is 1. The molecule has 0 radical (unpaired) electrons. The molecule has 0 spiro atoms. The predicted molar refractivity (Wildman–Crippen MR) is 116 cm³/mol. The summed E-state index contributed by atoms with van der Waals surface area (Å²) in [6.45, 7) is 12.6. The third-order valence-electron chi connectivity index (χ3n) is 6.02. The molecule has 1 aliphatic rings. The van der Waals surface area contributed by atoms with Crippen LogP contribution in [-0.2, 0) is 13.6 Å². The zero-order valence-corrected chi connectivity index (χ0v) is 17.9. The quantitative estimate of drug-likeness (QED) is 0.455. The Bertz CT molecular complexity index is 1280. The summed E-state index contributed by atoms with van der Waals surface area (Å²) in [5.41, 5.74) is 2.06. The Morgan fingerprint density at radius 3 is 2.44 bits per heavy atom. The molecule has 1 aromatic carbocycles. The van der Waals surface area contributed by atoms with E-state index in [-0.39, 0.29) is 30.0 Å². The lowest BCUT2D eigenvalue weighted by Gasteiger charge is -2.45. The van der Waals surface area contributed by atoms with Crippen LogP contribution in [0.5, 0.6) is 0 Å². The molecule has 0 N–H and O–H groups in total. The molecule has 32 heavy (non-hydrogen) atoms. The van der Waals surface area contributed by atoms with Gasteiger partial charge in [-0.3, -0.25) is 9.69 Å². The molecule has 1 fully saturated rings. The maximum atomic E-state index is 13.6. The zero-order valence-electron chi connectivity index (χ0n) is 17.9. The third-order valence-corrected chi connectivity index (χ3v) is 6.02. The van der Waals surface area contributed by atoms with Crippen LogP contribution >= 0.6 is 0 Å². The van der Waals surface area contributed by atoms with Crippen molar-refractivity contribution in [2.75, 3.05) is 18.0 Å². The first-order valence-electron chi connectivity index (χ1n) is 10.2. The van der Waals surface area contributed by atoms with Crippen molar-refractivity contribution in [3.05, 3.63) is 75.1 Å². The highest BCUT2D eigenvalue weighted by atomic mass is 19.2.